The first kappa shape index (κ1) is 20.2. The Morgan fingerprint density at radius 1 is 1.23 bits per heavy atom. The molecule has 0 fully saturated rings. The lowest BCUT2D eigenvalue weighted by molar-refractivity contribution is -0.117. The number of carbonyl (C=O) groups is 1. The van der Waals surface area contributed by atoms with E-state index in [1.165, 1.54) is 17.3 Å². The summed E-state index contributed by atoms with van der Waals surface area (Å²) in [6.07, 6.45) is 2.69. The van der Waals surface area contributed by atoms with E-state index >= 15 is 0 Å². The second-order valence-corrected chi connectivity index (χ2v) is 8.34. The van der Waals surface area contributed by atoms with Gasteiger partial charge in [-0.05, 0) is 37.1 Å². The molecule has 1 aliphatic heterocycles. The maximum absolute atomic E-state index is 13.2. The van der Waals surface area contributed by atoms with Gasteiger partial charge in [-0.15, -0.1) is 16.8 Å². The summed E-state index contributed by atoms with van der Waals surface area (Å²) < 4.78 is 7.46. The SMILES string of the molecule is C=CCn1c(S[C@@H](C)C(=O)N2CCc3ccccc32)nnc1-c1ccccc1OC. The third kappa shape index (κ3) is 3.73. The van der Waals surface area contributed by atoms with Gasteiger partial charge in [0.15, 0.2) is 11.0 Å². The number of nitrogens with zero attached hydrogens (tertiary/aromatic N) is 4. The highest BCUT2D eigenvalue weighted by atomic mass is 32.2. The van der Waals surface area contributed by atoms with Crippen molar-refractivity contribution in [2.75, 3.05) is 18.6 Å². The quantitative estimate of drug-likeness (QED) is 0.423. The number of allylic oxidation sites excluding steroid dienone is 1. The zero-order valence-electron chi connectivity index (χ0n) is 17.1. The first-order chi connectivity index (χ1) is 14.6. The summed E-state index contributed by atoms with van der Waals surface area (Å²) in [6, 6.07) is 15.8. The molecule has 1 amide bonds. The number of methoxy groups -OCH3 is 1. The summed E-state index contributed by atoms with van der Waals surface area (Å²) in [5, 5.41) is 9.17. The summed E-state index contributed by atoms with van der Waals surface area (Å²) in [7, 11) is 1.64. The molecule has 0 radical (unpaired) electrons. The van der Waals surface area contributed by atoms with Gasteiger partial charge < -0.3 is 9.64 Å². The predicted molar refractivity (Wildman–Crippen MR) is 120 cm³/mol. The zero-order valence-corrected chi connectivity index (χ0v) is 17.9. The van der Waals surface area contributed by atoms with Crippen LogP contribution in [0, 0.1) is 0 Å². The van der Waals surface area contributed by atoms with Gasteiger partial charge in [0.25, 0.3) is 0 Å². The third-order valence-electron chi connectivity index (χ3n) is 5.16. The van der Waals surface area contributed by atoms with Crippen LogP contribution < -0.4 is 9.64 Å². The van der Waals surface area contributed by atoms with Gasteiger partial charge in [0.05, 0.1) is 17.9 Å². The minimum atomic E-state index is -0.297. The number of para-hydroxylation sites is 2. The number of amides is 1. The number of rotatable bonds is 7. The Kier molecular flexibility index (Phi) is 5.90. The fraction of sp³-hybridized carbons (Fsp3) is 0.261. The van der Waals surface area contributed by atoms with Crippen molar-refractivity contribution >= 4 is 23.4 Å². The molecule has 0 saturated carbocycles. The Morgan fingerprint density at radius 2 is 2.00 bits per heavy atom. The maximum atomic E-state index is 13.2. The van der Waals surface area contributed by atoms with Crippen LogP contribution in [0.25, 0.3) is 11.4 Å². The number of aromatic nitrogens is 3. The van der Waals surface area contributed by atoms with Crippen molar-refractivity contribution in [2.24, 2.45) is 0 Å². The first-order valence-electron chi connectivity index (χ1n) is 9.87. The number of anilines is 1. The van der Waals surface area contributed by atoms with E-state index in [1.807, 2.05) is 58.9 Å². The molecule has 3 aromatic rings. The normalized spacial score (nSPS) is 13.7. The molecule has 30 heavy (non-hydrogen) atoms. The Labute approximate surface area is 180 Å². The Balaban J connectivity index is 1.60. The molecule has 0 N–H and O–H groups in total. The molecule has 0 saturated heterocycles. The van der Waals surface area contributed by atoms with E-state index in [1.54, 1.807) is 13.2 Å². The van der Waals surface area contributed by atoms with Crippen molar-refractivity contribution in [3.05, 3.63) is 66.7 Å². The van der Waals surface area contributed by atoms with Crippen molar-refractivity contribution < 1.29 is 9.53 Å². The van der Waals surface area contributed by atoms with Crippen molar-refractivity contribution in [2.45, 2.75) is 30.3 Å². The van der Waals surface area contributed by atoms with Gasteiger partial charge in [-0.2, -0.15) is 0 Å². The highest BCUT2D eigenvalue weighted by Crippen LogP contribution is 2.34. The molecule has 0 unspecified atom stereocenters. The molecule has 4 rings (SSSR count). The lowest BCUT2D eigenvalue weighted by Crippen LogP contribution is -2.35. The minimum absolute atomic E-state index is 0.0805. The largest absolute Gasteiger partial charge is 0.496 e. The van der Waals surface area contributed by atoms with Crippen LogP contribution >= 0.6 is 11.8 Å². The molecule has 7 heteroatoms. The average Bonchev–Trinajstić information content (AvgIpc) is 3.38. The van der Waals surface area contributed by atoms with Crippen molar-refractivity contribution in [1.82, 2.24) is 14.8 Å². The molecule has 0 spiro atoms. The molecule has 154 valence electrons. The molecular formula is C23H24N4O2S. The van der Waals surface area contributed by atoms with Gasteiger partial charge in [0.1, 0.15) is 5.75 Å². The van der Waals surface area contributed by atoms with Gasteiger partial charge in [0, 0.05) is 18.8 Å². The zero-order chi connectivity index (χ0) is 21.1. The number of hydrogen-bond donors (Lipinski definition) is 0. The van der Waals surface area contributed by atoms with Crippen molar-refractivity contribution in [3.63, 3.8) is 0 Å². The molecule has 2 aromatic carbocycles. The van der Waals surface area contributed by atoms with Gasteiger partial charge >= 0.3 is 0 Å². The summed E-state index contributed by atoms with van der Waals surface area (Å²) in [5.41, 5.74) is 3.09. The van der Waals surface area contributed by atoms with E-state index < -0.39 is 0 Å². The van der Waals surface area contributed by atoms with Crippen LogP contribution in [0.1, 0.15) is 12.5 Å². The number of thioether (sulfide) groups is 1. The molecular weight excluding hydrogens is 396 g/mol. The van der Waals surface area contributed by atoms with Crippen LogP contribution in [-0.4, -0.2) is 39.6 Å². The van der Waals surface area contributed by atoms with Crippen molar-refractivity contribution in [3.8, 4) is 17.1 Å². The summed E-state index contributed by atoms with van der Waals surface area (Å²) in [6.45, 7) is 7.04. The van der Waals surface area contributed by atoms with Gasteiger partial charge in [-0.1, -0.05) is 48.2 Å². The Morgan fingerprint density at radius 3 is 2.80 bits per heavy atom. The lowest BCUT2D eigenvalue weighted by atomic mass is 10.2. The molecule has 2 heterocycles. The highest BCUT2D eigenvalue weighted by molar-refractivity contribution is 8.00. The Bertz CT molecular complexity index is 1080. The summed E-state index contributed by atoms with van der Waals surface area (Å²) in [5.74, 6) is 1.50. The van der Waals surface area contributed by atoms with E-state index in [9.17, 15) is 4.79 Å². The van der Waals surface area contributed by atoms with E-state index in [0.717, 1.165) is 30.0 Å². The molecule has 1 aromatic heterocycles. The molecule has 1 aliphatic rings. The topological polar surface area (TPSA) is 60.2 Å². The van der Waals surface area contributed by atoms with Crippen LogP contribution in [-0.2, 0) is 17.8 Å². The van der Waals surface area contributed by atoms with Crippen LogP contribution in [0.2, 0.25) is 0 Å². The van der Waals surface area contributed by atoms with Gasteiger partial charge in [-0.3, -0.25) is 9.36 Å². The molecule has 6 nitrogen and oxygen atoms in total. The average molecular weight is 421 g/mol. The second kappa shape index (κ2) is 8.75. The number of carbonyl (C=O) groups excluding carboxylic acids is 1. The van der Waals surface area contributed by atoms with E-state index in [-0.39, 0.29) is 11.2 Å². The molecule has 1 atom stereocenters. The number of benzene rings is 2. The van der Waals surface area contributed by atoms with Crippen LogP contribution in [0.15, 0.2) is 66.3 Å². The van der Waals surface area contributed by atoms with Gasteiger partial charge in [0.2, 0.25) is 5.91 Å². The second-order valence-electron chi connectivity index (χ2n) is 7.03. The number of fused-ring (bicyclic) bond motifs is 1. The maximum Gasteiger partial charge on any atom is 0.240 e. The van der Waals surface area contributed by atoms with Crippen LogP contribution in [0.4, 0.5) is 5.69 Å². The van der Waals surface area contributed by atoms with Crippen LogP contribution in [0.3, 0.4) is 0 Å². The summed E-state index contributed by atoms with van der Waals surface area (Å²) >= 11 is 1.42. The fourth-order valence-corrected chi connectivity index (χ4v) is 4.61. The van der Waals surface area contributed by atoms with E-state index in [0.29, 0.717) is 17.5 Å². The smallest absolute Gasteiger partial charge is 0.240 e. The van der Waals surface area contributed by atoms with E-state index in [4.69, 9.17) is 4.74 Å². The minimum Gasteiger partial charge on any atom is -0.496 e. The third-order valence-corrected chi connectivity index (χ3v) is 6.23. The summed E-state index contributed by atoms with van der Waals surface area (Å²) in [4.78, 5) is 15.0. The number of ether oxygens (including phenoxy) is 1. The van der Waals surface area contributed by atoms with Crippen molar-refractivity contribution in [1.29, 1.82) is 0 Å². The van der Waals surface area contributed by atoms with Gasteiger partial charge in [-0.25, -0.2) is 0 Å². The monoisotopic (exact) mass is 420 g/mol. The van der Waals surface area contributed by atoms with Crippen LogP contribution in [0.5, 0.6) is 5.75 Å². The highest BCUT2D eigenvalue weighted by Gasteiger charge is 2.29. The fourth-order valence-electron chi connectivity index (χ4n) is 3.69. The number of hydrogen-bond acceptors (Lipinski definition) is 5. The molecule has 0 aliphatic carbocycles. The van der Waals surface area contributed by atoms with E-state index in [2.05, 4.69) is 22.8 Å². The first-order valence-corrected chi connectivity index (χ1v) is 10.8. The molecule has 0 bridgehead atoms. The Hall–Kier alpha value is -3.06. The standard InChI is InChI=1S/C23H24N4O2S/c1-4-14-27-21(18-10-6-8-12-20(18)29-3)24-25-23(27)30-16(2)22(28)26-15-13-17-9-5-7-11-19(17)26/h4-12,16H,1,13-15H2,2-3H3/t16-/m0/s1. The lowest BCUT2D eigenvalue weighted by Gasteiger charge is -2.21. The predicted octanol–water partition coefficient (Wildman–Crippen LogP) is 4.21.